The first kappa shape index (κ1) is 15.0. The lowest BCUT2D eigenvalue weighted by Crippen LogP contribution is -3.17. The standard InChI is InChI=1S/C16H23FN2O/c1-12-7-9-19(10-8-12)13(2)16(20)18-11-14-3-5-15(17)6-4-14/h3-6,12-13H,7-11H2,1-2H3,(H,18,20)/p+1/t13-/m1/s1. The van der Waals surface area contributed by atoms with E-state index in [2.05, 4.69) is 12.2 Å². The van der Waals surface area contributed by atoms with E-state index in [1.54, 1.807) is 12.1 Å². The van der Waals surface area contributed by atoms with Gasteiger partial charge in [0.25, 0.3) is 5.91 Å². The van der Waals surface area contributed by atoms with Gasteiger partial charge < -0.3 is 10.2 Å². The van der Waals surface area contributed by atoms with Gasteiger partial charge in [0.2, 0.25) is 0 Å². The quantitative estimate of drug-likeness (QED) is 0.851. The van der Waals surface area contributed by atoms with Crippen LogP contribution in [0.3, 0.4) is 0 Å². The largest absolute Gasteiger partial charge is 0.347 e. The summed E-state index contributed by atoms with van der Waals surface area (Å²) in [6, 6.07) is 6.23. The molecular weight excluding hydrogens is 255 g/mol. The summed E-state index contributed by atoms with van der Waals surface area (Å²) < 4.78 is 12.8. The second-order valence-corrected chi connectivity index (χ2v) is 5.91. The molecule has 20 heavy (non-hydrogen) atoms. The summed E-state index contributed by atoms with van der Waals surface area (Å²) in [4.78, 5) is 13.5. The lowest BCUT2D eigenvalue weighted by Gasteiger charge is -2.31. The Labute approximate surface area is 120 Å². The smallest absolute Gasteiger partial charge is 0.278 e. The molecular formula is C16H24FN2O+. The van der Waals surface area contributed by atoms with Crippen molar-refractivity contribution in [3.63, 3.8) is 0 Å². The average Bonchev–Trinajstić information content (AvgIpc) is 2.46. The van der Waals surface area contributed by atoms with Crippen LogP contribution < -0.4 is 10.2 Å². The second kappa shape index (κ2) is 6.84. The molecule has 1 aliphatic heterocycles. The fourth-order valence-corrected chi connectivity index (χ4v) is 2.70. The van der Waals surface area contributed by atoms with Crippen molar-refractivity contribution in [2.24, 2.45) is 5.92 Å². The molecule has 1 aromatic rings. The molecule has 0 spiro atoms. The highest BCUT2D eigenvalue weighted by Crippen LogP contribution is 2.07. The maximum atomic E-state index is 12.8. The van der Waals surface area contributed by atoms with Gasteiger partial charge >= 0.3 is 0 Å². The average molecular weight is 279 g/mol. The highest BCUT2D eigenvalue weighted by molar-refractivity contribution is 5.79. The lowest BCUT2D eigenvalue weighted by molar-refractivity contribution is -0.920. The van der Waals surface area contributed by atoms with Gasteiger partial charge in [0, 0.05) is 6.54 Å². The van der Waals surface area contributed by atoms with E-state index >= 15 is 0 Å². The number of rotatable bonds is 4. The zero-order valence-corrected chi connectivity index (χ0v) is 12.3. The Morgan fingerprint density at radius 3 is 2.55 bits per heavy atom. The summed E-state index contributed by atoms with van der Waals surface area (Å²) in [5.74, 6) is 0.618. The third-order valence-electron chi connectivity index (χ3n) is 4.30. The van der Waals surface area contributed by atoms with Crippen LogP contribution in [0, 0.1) is 11.7 Å². The van der Waals surface area contributed by atoms with Crippen molar-refractivity contribution >= 4 is 5.91 Å². The molecule has 1 heterocycles. The maximum absolute atomic E-state index is 12.8. The molecule has 0 radical (unpaired) electrons. The van der Waals surface area contributed by atoms with Gasteiger partial charge in [-0.3, -0.25) is 4.79 Å². The normalized spacial score (nSPS) is 24.1. The Kier molecular flexibility index (Phi) is 5.12. The molecule has 1 atom stereocenters. The van der Waals surface area contributed by atoms with Crippen molar-refractivity contribution in [1.29, 1.82) is 0 Å². The molecule has 0 bridgehead atoms. The van der Waals surface area contributed by atoms with Crippen LogP contribution in [-0.4, -0.2) is 25.0 Å². The summed E-state index contributed by atoms with van der Waals surface area (Å²) in [7, 11) is 0. The van der Waals surface area contributed by atoms with E-state index < -0.39 is 0 Å². The number of carbonyl (C=O) groups excluding carboxylic acids is 1. The molecule has 2 rings (SSSR count). The number of hydrogen-bond donors (Lipinski definition) is 2. The molecule has 4 heteroatoms. The van der Waals surface area contributed by atoms with Gasteiger partial charge in [-0.1, -0.05) is 19.1 Å². The van der Waals surface area contributed by atoms with Crippen molar-refractivity contribution in [3.8, 4) is 0 Å². The Morgan fingerprint density at radius 2 is 1.95 bits per heavy atom. The molecule has 0 aromatic heterocycles. The van der Waals surface area contributed by atoms with Crippen LogP contribution in [-0.2, 0) is 11.3 Å². The first-order chi connectivity index (χ1) is 9.56. The number of amides is 1. The Hall–Kier alpha value is -1.42. The zero-order chi connectivity index (χ0) is 14.5. The van der Waals surface area contributed by atoms with Crippen LogP contribution in [0.2, 0.25) is 0 Å². The molecule has 1 aromatic carbocycles. The molecule has 2 N–H and O–H groups in total. The summed E-state index contributed by atoms with van der Waals surface area (Å²) in [5, 5.41) is 2.94. The van der Waals surface area contributed by atoms with Crippen molar-refractivity contribution in [2.75, 3.05) is 13.1 Å². The minimum absolute atomic E-state index is 0.0112. The predicted octanol–water partition coefficient (Wildman–Crippen LogP) is 1.15. The van der Waals surface area contributed by atoms with E-state index in [0.717, 1.165) is 24.6 Å². The number of nitrogens with one attached hydrogen (secondary N) is 2. The fourth-order valence-electron chi connectivity index (χ4n) is 2.70. The molecule has 1 amide bonds. The van der Waals surface area contributed by atoms with Gasteiger partial charge in [-0.2, -0.15) is 0 Å². The second-order valence-electron chi connectivity index (χ2n) is 5.91. The van der Waals surface area contributed by atoms with Gasteiger partial charge in [-0.25, -0.2) is 4.39 Å². The Bertz CT molecular complexity index is 438. The number of carbonyl (C=O) groups is 1. The van der Waals surface area contributed by atoms with Gasteiger partial charge in [0.05, 0.1) is 13.1 Å². The number of quaternary nitrogens is 1. The van der Waals surface area contributed by atoms with Gasteiger partial charge in [0.15, 0.2) is 6.04 Å². The van der Waals surface area contributed by atoms with Crippen LogP contribution in [0.1, 0.15) is 32.3 Å². The summed E-state index contributed by atoms with van der Waals surface area (Å²) in [5.41, 5.74) is 0.925. The van der Waals surface area contributed by atoms with Gasteiger partial charge in [0.1, 0.15) is 5.82 Å². The molecule has 1 saturated heterocycles. The SMILES string of the molecule is CC1CC[NH+]([C@H](C)C(=O)NCc2ccc(F)cc2)CC1. The third kappa shape index (κ3) is 4.04. The molecule has 1 aliphatic rings. The van der Waals surface area contributed by atoms with E-state index in [1.807, 2.05) is 6.92 Å². The monoisotopic (exact) mass is 279 g/mol. The van der Waals surface area contributed by atoms with Crippen LogP contribution in [0.25, 0.3) is 0 Å². The van der Waals surface area contributed by atoms with Crippen LogP contribution in [0.5, 0.6) is 0 Å². The van der Waals surface area contributed by atoms with Gasteiger partial charge in [-0.15, -0.1) is 0 Å². The summed E-state index contributed by atoms with van der Waals surface area (Å²) >= 11 is 0. The lowest BCUT2D eigenvalue weighted by atomic mass is 9.98. The zero-order valence-electron chi connectivity index (χ0n) is 12.3. The van der Waals surface area contributed by atoms with Crippen molar-refractivity contribution in [1.82, 2.24) is 5.32 Å². The van der Waals surface area contributed by atoms with E-state index in [9.17, 15) is 9.18 Å². The maximum Gasteiger partial charge on any atom is 0.278 e. The van der Waals surface area contributed by atoms with E-state index in [-0.39, 0.29) is 17.8 Å². The minimum atomic E-state index is -0.250. The molecule has 110 valence electrons. The van der Waals surface area contributed by atoms with Crippen LogP contribution in [0.15, 0.2) is 24.3 Å². The Balaban J connectivity index is 1.80. The molecule has 0 unspecified atom stereocenters. The fraction of sp³-hybridized carbons (Fsp3) is 0.562. The topological polar surface area (TPSA) is 33.5 Å². The van der Waals surface area contributed by atoms with Gasteiger partial charge in [-0.05, 0) is 43.4 Å². The predicted molar refractivity (Wildman–Crippen MR) is 76.8 cm³/mol. The highest BCUT2D eigenvalue weighted by atomic mass is 19.1. The highest BCUT2D eigenvalue weighted by Gasteiger charge is 2.28. The summed E-state index contributed by atoms with van der Waals surface area (Å²) in [6.45, 7) is 6.88. The number of piperidine rings is 1. The Morgan fingerprint density at radius 1 is 1.35 bits per heavy atom. The van der Waals surface area contributed by atoms with Crippen LogP contribution >= 0.6 is 0 Å². The number of benzene rings is 1. The van der Waals surface area contributed by atoms with E-state index in [1.165, 1.54) is 29.9 Å². The van der Waals surface area contributed by atoms with Crippen molar-refractivity contribution in [3.05, 3.63) is 35.6 Å². The molecule has 3 nitrogen and oxygen atoms in total. The number of hydrogen-bond acceptors (Lipinski definition) is 1. The number of halogens is 1. The molecule has 0 aliphatic carbocycles. The molecule has 1 fully saturated rings. The number of likely N-dealkylation sites (tertiary alicyclic amines) is 1. The first-order valence-corrected chi connectivity index (χ1v) is 7.43. The van der Waals surface area contributed by atoms with Crippen LogP contribution in [0.4, 0.5) is 4.39 Å². The minimum Gasteiger partial charge on any atom is -0.347 e. The van der Waals surface area contributed by atoms with E-state index in [4.69, 9.17) is 0 Å². The summed E-state index contributed by atoms with van der Waals surface area (Å²) in [6.07, 6.45) is 2.40. The van der Waals surface area contributed by atoms with Crippen molar-refractivity contribution < 1.29 is 14.1 Å². The van der Waals surface area contributed by atoms with E-state index in [0.29, 0.717) is 6.54 Å². The molecule has 0 saturated carbocycles. The van der Waals surface area contributed by atoms with Crippen molar-refractivity contribution in [2.45, 2.75) is 39.3 Å². The first-order valence-electron chi connectivity index (χ1n) is 7.43. The third-order valence-corrected chi connectivity index (χ3v) is 4.30.